The molecule has 100 valence electrons. The third-order valence-electron chi connectivity index (χ3n) is 2.33. The highest BCUT2D eigenvalue weighted by Gasteiger charge is 2.27. The van der Waals surface area contributed by atoms with Crippen LogP contribution in [0.25, 0.3) is 0 Å². The maximum absolute atomic E-state index is 12.8. The van der Waals surface area contributed by atoms with Crippen molar-refractivity contribution in [3.63, 3.8) is 0 Å². The number of primary amides is 1. The van der Waals surface area contributed by atoms with Gasteiger partial charge in [0.25, 0.3) is 11.8 Å². The lowest BCUT2D eigenvalue weighted by Gasteiger charge is -2.14. The molecule has 5 N–H and O–H groups in total. The predicted molar refractivity (Wildman–Crippen MR) is 60.3 cm³/mol. The molecule has 0 unspecified atom stereocenters. The summed E-state index contributed by atoms with van der Waals surface area (Å²) in [5, 5.41) is 2.04. The lowest BCUT2D eigenvalue weighted by molar-refractivity contribution is 0.0117. The summed E-state index contributed by atoms with van der Waals surface area (Å²) in [5.74, 6) is -4.58. The van der Waals surface area contributed by atoms with Gasteiger partial charge < -0.3 is 21.4 Å². The monoisotopic (exact) mass is 260 g/mol. The van der Waals surface area contributed by atoms with Gasteiger partial charge in [0.15, 0.2) is 0 Å². The van der Waals surface area contributed by atoms with Crippen LogP contribution in [0.4, 0.5) is 8.78 Å². The van der Waals surface area contributed by atoms with Crippen LogP contribution in [0, 0.1) is 0 Å². The molecule has 0 aliphatic carbocycles. The number of nitrogens with one attached hydrogen (secondary N) is 1. The molecule has 1 aromatic heterocycles. The van der Waals surface area contributed by atoms with E-state index in [9.17, 15) is 18.4 Å². The third kappa shape index (κ3) is 3.27. The molecule has 6 nitrogen and oxygen atoms in total. The molecule has 1 rings (SSSR count). The van der Waals surface area contributed by atoms with E-state index in [2.05, 4.69) is 0 Å². The summed E-state index contributed by atoms with van der Waals surface area (Å²) in [4.78, 5) is 22.5. The Morgan fingerprint density at radius 3 is 2.56 bits per heavy atom. The topological polar surface area (TPSA) is 103 Å². The zero-order valence-electron chi connectivity index (χ0n) is 9.74. The molecule has 0 saturated heterocycles. The molecule has 0 spiro atoms. The van der Waals surface area contributed by atoms with E-state index in [4.69, 9.17) is 11.5 Å². The normalized spacial score (nSPS) is 11.3. The minimum atomic E-state index is -3.16. The Morgan fingerprint density at radius 2 is 2.11 bits per heavy atom. The first-order valence-electron chi connectivity index (χ1n) is 5.09. The molecule has 0 aliphatic heterocycles. The molecule has 0 aliphatic rings. The fraction of sp³-hybridized carbons (Fsp3) is 0.400. The van der Waals surface area contributed by atoms with Gasteiger partial charge in [-0.1, -0.05) is 0 Å². The number of rotatable bonds is 5. The van der Waals surface area contributed by atoms with Gasteiger partial charge in [-0.2, -0.15) is 0 Å². The van der Waals surface area contributed by atoms with Crippen LogP contribution in [0.5, 0.6) is 0 Å². The molecule has 0 fully saturated rings. The second-order valence-electron chi connectivity index (χ2n) is 3.83. The summed E-state index contributed by atoms with van der Waals surface area (Å²) in [5.41, 5.74) is 10.1. The van der Waals surface area contributed by atoms with Crippen LogP contribution in [0.3, 0.4) is 0 Å². The highest BCUT2D eigenvalue weighted by atomic mass is 19.3. The number of aryl methyl sites for hydroxylation is 1. The van der Waals surface area contributed by atoms with E-state index < -0.39 is 30.8 Å². The van der Waals surface area contributed by atoms with Crippen molar-refractivity contribution < 1.29 is 18.4 Å². The maximum Gasteiger partial charge on any atom is 0.277 e. The lowest BCUT2D eigenvalue weighted by Crippen LogP contribution is -2.41. The summed E-state index contributed by atoms with van der Waals surface area (Å²) >= 11 is 0. The van der Waals surface area contributed by atoms with Crippen LogP contribution in [-0.2, 0) is 7.05 Å². The molecule has 0 aromatic carbocycles. The molecular formula is C10H14F2N4O2. The number of hydrogen-bond acceptors (Lipinski definition) is 3. The van der Waals surface area contributed by atoms with Crippen molar-refractivity contribution >= 4 is 11.8 Å². The molecule has 18 heavy (non-hydrogen) atoms. The summed E-state index contributed by atoms with van der Waals surface area (Å²) in [6, 6.07) is 1.23. The predicted octanol–water partition coefficient (Wildman–Crippen LogP) is -0.552. The van der Waals surface area contributed by atoms with E-state index in [0.29, 0.717) is 0 Å². The van der Waals surface area contributed by atoms with Crippen LogP contribution < -0.4 is 16.8 Å². The Hall–Kier alpha value is -1.96. The maximum atomic E-state index is 12.8. The minimum Gasteiger partial charge on any atom is -0.366 e. The Morgan fingerprint density at radius 1 is 1.50 bits per heavy atom. The third-order valence-corrected chi connectivity index (χ3v) is 2.33. The van der Waals surface area contributed by atoms with Crippen molar-refractivity contribution in [3.8, 4) is 0 Å². The molecular weight excluding hydrogens is 246 g/mol. The number of hydrogen-bond donors (Lipinski definition) is 3. The number of alkyl halides is 2. The van der Waals surface area contributed by atoms with Crippen LogP contribution in [0.15, 0.2) is 12.3 Å². The average Bonchev–Trinajstić information content (AvgIpc) is 2.69. The standard InChI is InChI=1S/C10H14F2N4O2/c1-16-3-6(8(14)17)2-7(16)9(18)15-5-10(11,12)4-13/h2-3H,4-5,13H2,1H3,(H2,14,17)(H,15,18). The van der Waals surface area contributed by atoms with Gasteiger partial charge in [-0.3, -0.25) is 9.59 Å². The van der Waals surface area contributed by atoms with E-state index >= 15 is 0 Å². The van der Waals surface area contributed by atoms with E-state index in [0.717, 1.165) is 0 Å². The number of carbonyl (C=O) groups is 2. The molecule has 2 amide bonds. The SMILES string of the molecule is Cn1cc(C(N)=O)cc1C(=O)NCC(F)(F)CN. The van der Waals surface area contributed by atoms with Crippen molar-refractivity contribution in [2.75, 3.05) is 13.1 Å². The van der Waals surface area contributed by atoms with E-state index in [1.807, 2.05) is 5.32 Å². The number of nitrogens with zero attached hydrogens (tertiary/aromatic N) is 1. The van der Waals surface area contributed by atoms with E-state index in [1.165, 1.54) is 23.9 Å². The zero-order valence-corrected chi connectivity index (χ0v) is 9.74. The Bertz CT molecular complexity index is 470. The van der Waals surface area contributed by atoms with Gasteiger partial charge in [0.2, 0.25) is 5.91 Å². The Labute approximate surface area is 102 Å². The molecule has 0 bridgehead atoms. The van der Waals surface area contributed by atoms with Crippen molar-refractivity contribution in [2.24, 2.45) is 18.5 Å². The average molecular weight is 260 g/mol. The largest absolute Gasteiger partial charge is 0.366 e. The quantitative estimate of drug-likeness (QED) is 0.661. The first kappa shape index (κ1) is 14.1. The fourth-order valence-electron chi connectivity index (χ4n) is 1.30. The van der Waals surface area contributed by atoms with Gasteiger partial charge in [0.1, 0.15) is 5.69 Å². The smallest absolute Gasteiger partial charge is 0.277 e. The van der Waals surface area contributed by atoms with Crippen molar-refractivity contribution in [3.05, 3.63) is 23.5 Å². The Kier molecular flexibility index (Phi) is 4.02. The van der Waals surface area contributed by atoms with Gasteiger partial charge in [0.05, 0.1) is 18.7 Å². The second-order valence-corrected chi connectivity index (χ2v) is 3.83. The van der Waals surface area contributed by atoms with E-state index in [1.54, 1.807) is 0 Å². The highest BCUT2D eigenvalue weighted by Crippen LogP contribution is 2.10. The molecule has 1 heterocycles. The fourth-order valence-corrected chi connectivity index (χ4v) is 1.30. The summed E-state index contributed by atoms with van der Waals surface area (Å²) in [7, 11) is 1.50. The highest BCUT2D eigenvalue weighted by molar-refractivity contribution is 5.98. The molecule has 0 saturated carbocycles. The number of halogens is 2. The molecule has 8 heteroatoms. The van der Waals surface area contributed by atoms with Crippen LogP contribution in [-0.4, -0.2) is 35.4 Å². The summed E-state index contributed by atoms with van der Waals surface area (Å²) < 4.78 is 27.0. The first-order valence-corrected chi connectivity index (χ1v) is 5.09. The van der Waals surface area contributed by atoms with Gasteiger partial charge in [-0.25, -0.2) is 8.78 Å². The van der Waals surface area contributed by atoms with Crippen LogP contribution in [0.2, 0.25) is 0 Å². The molecule has 1 aromatic rings. The number of carbonyl (C=O) groups excluding carboxylic acids is 2. The zero-order chi connectivity index (χ0) is 13.9. The van der Waals surface area contributed by atoms with Crippen LogP contribution in [0.1, 0.15) is 20.8 Å². The van der Waals surface area contributed by atoms with Crippen LogP contribution >= 0.6 is 0 Å². The van der Waals surface area contributed by atoms with Gasteiger partial charge >= 0.3 is 0 Å². The second kappa shape index (κ2) is 5.13. The number of nitrogens with two attached hydrogens (primary N) is 2. The molecule has 0 atom stereocenters. The first-order chi connectivity index (χ1) is 8.26. The van der Waals surface area contributed by atoms with Crippen molar-refractivity contribution in [2.45, 2.75) is 5.92 Å². The van der Waals surface area contributed by atoms with Gasteiger partial charge in [-0.15, -0.1) is 0 Å². The number of aromatic nitrogens is 1. The van der Waals surface area contributed by atoms with Gasteiger partial charge in [0, 0.05) is 13.2 Å². The summed E-state index contributed by atoms with van der Waals surface area (Å²) in [6.45, 7) is -1.72. The van der Waals surface area contributed by atoms with Crippen molar-refractivity contribution in [1.82, 2.24) is 9.88 Å². The van der Waals surface area contributed by atoms with E-state index in [-0.39, 0.29) is 11.3 Å². The number of amides is 2. The minimum absolute atomic E-state index is 0.0663. The van der Waals surface area contributed by atoms with Crippen molar-refractivity contribution in [1.29, 1.82) is 0 Å². The lowest BCUT2D eigenvalue weighted by atomic mass is 10.3. The Balaban J connectivity index is 2.76. The van der Waals surface area contributed by atoms with Gasteiger partial charge in [-0.05, 0) is 6.07 Å². The molecule has 0 radical (unpaired) electrons. The summed E-state index contributed by atoms with van der Waals surface area (Å²) in [6.07, 6.45) is 1.35.